The lowest BCUT2D eigenvalue weighted by Crippen LogP contribution is -2.55. The molecule has 0 aromatic heterocycles. The van der Waals surface area contributed by atoms with Crippen LogP contribution in [0.3, 0.4) is 0 Å². The van der Waals surface area contributed by atoms with Gasteiger partial charge in [0.05, 0.1) is 38.9 Å². The van der Waals surface area contributed by atoms with Gasteiger partial charge < -0.3 is 18.9 Å². The minimum absolute atomic E-state index is 0.101. The molecule has 0 radical (unpaired) electrons. The average Bonchev–Trinajstić information content (AvgIpc) is 3.02. The SMILES string of the molecule is CCCCCCCCCCCCCCCCOCC(C)(COP(=O)(O)OC1CC2CCC(C1)[N+]2(C)C)OC(C)=O. The Hall–Kier alpha value is -0.500. The predicted octanol–water partition coefficient (Wildman–Crippen LogP) is 7.71. The van der Waals surface area contributed by atoms with Gasteiger partial charge in [-0.2, -0.15) is 0 Å². The second-order valence-electron chi connectivity index (χ2n) is 13.1. The van der Waals surface area contributed by atoms with Gasteiger partial charge in [-0.05, 0) is 13.3 Å². The Bertz CT molecular complexity index is 748. The normalized spacial score (nSPS) is 24.9. The number of quaternary nitrogens is 1. The van der Waals surface area contributed by atoms with Crippen LogP contribution in [0, 0.1) is 0 Å². The van der Waals surface area contributed by atoms with E-state index in [1.807, 2.05) is 0 Å². The van der Waals surface area contributed by atoms with Gasteiger partial charge >= 0.3 is 13.8 Å². The van der Waals surface area contributed by atoms with Crippen molar-refractivity contribution in [3.63, 3.8) is 0 Å². The third kappa shape index (κ3) is 13.6. The van der Waals surface area contributed by atoms with Crippen LogP contribution in [-0.4, -0.2) is 73.1 Å². The third-order valence-corrected chi connectivity index (χ3v) is 10.1. The summed E-state index contributed by atoms with van der Waals surface area (Å²) in [5.74, 6) is -0.483. The van der Waals surface area contributed by atoms with Crippen molar-refractivity contribution >= 4 is 13.8 Å². The van der Waals surface area contributed by atoms with Gasteiger partial charge in [-0.3, -0.25) is 13.8 Å². The van der Waals surface area contributed by atoms with Gasteiger partial charge in [-0.25, -0.2) is 4.57 Å². The zero-order valence-corrected chi connectivity index (χ0v) is 27.3. The van der Waals surface area contributed by atoms with Crippen molar-refractivity contribution in [2.45, 2.75) is 160 Å². The Morgan fingerprint density at radius 2 is 1.32 bits per heavy atom. The zero-order chi connectivity index (χ0) is 29.5. The number of ether oxygens (including phenoxy) is 2. The summed E-state index contributed by atoms with van der Waals surface area (Å²) >= 11 is 0. The van der Waals surface area contributed by atoms with Gasteiger partial charge in [0.25, 0.3) is 0 Å². The lowest BCUT2D eigenvalue weighted by atomic mass is 9.98. The van der Waals surface area contributed by atoms with Crippen molar-refractivity contribution in [3.8, 4) is 0 Å². The molecule has 1 N–H and O–H groups in total. The molecule has 8 nitrogen and oxygen atoms in total. The first-order chi connectivity index (χ1) is 19.0. The molecule has 0 amide bonds. The summed E-state index contributed by atoms with van der Waals surface area (Å²) in [6.45, 7) is 5.64. The van der Waals surface area contributed by atoms with Crippen molar-refractivity contribution in [2.75, 3.05) is 33.9 Å². The highest BCUT2D eigenvalue weighted by Crippen LogP contribution is 2.50. The quantitative estimate of drug-likeness (QED) is 0.0564. The van der Waals surface area contributed by atoms with E-state index in [0.717, 1.165) is 43.0 Å². The zero-order valence-electron chi connectivity index (χ0n) is 26.4. The number of nitrogens with zero attached hydrogens (tertiary/aromatic N) is 1. The van der Waals surface area contributed by atoms with Crippen molar-refractivity contribution in [1.29, 1.82) is 0 Å². The molecule has 0 aromatic rings. The van der Waals surface area contributed by atoms with E-state index >= 15 is 0 Å². The number of esters is 1. The maximum absolute atomic E-state index is 12.8. The van der Waals surface area contributed by atoms with Crippen LogP contribution in [0.15, 0.2) is 0 Å². The number of carbonyl (C=O) groups is 1. The molecule has 2 saturated heterocycles. The van der Waals surface area contributed by atoms with Gasteiger partial charge in [0.1, 0.15) is 6.61 Å². The second kappa shape index (κ2) is 18.2. The van der Waals surface area contributed by atoms with Crippen LogP contribution in [0.1, 0.15) is 136 Å². The number of rotatable bonds is 23. The van der Waals surface area contributed by atoms with Crippen molar-refractivity contribution in [2.24, 2.45) is 0 Å². The minimum atomic E-state index is -4.30. The number of unbranched alkanes of at least 4 members (excludes halogenated alkanes) is 13. The molecule has 2 aliphatic heterocycles. The third-order valence-electron chi connectivity index (χ3n) is 9.04. The summed E-state index contributed by atoms with van der Waals surface area (Å²) in [6, 6.07) is 0.886. The molecule has 2 fully saturated rings. The van der Waals surface area contributed by atoms with E-state index in [4.69, 9.17) is 18.5 Å². The second-order valence-corrected chi connectivity index (χ2v) is 14.6. The lowest BCUT2D eigenvalue weighted by molar-refractivity contribution is -0.931. The van der Waals surface area contributed by atoms with Crippen molar-refractivity contribution in [3.05, 3.63) is 0 Å². The molecule has 40 heavy (non-hydrogen) atoms. The first-order valence-corrected chi connectivity index (χ1v) is 17.7. The van der Waals surface area contributed by atoms with Gasteiger partial charge in [0.15, 0.2) is 5.60 Å². The molecule has 236 valence electrons. The van der Waals surface area contributed by atoms with Crippen molar-refractivity contribution in [1.82, 2.24) is 0 Å². The Morgan fingerprint density at radius 1 is 0.850 bits per heavy atom. The smallest absolute Gasteiger partial charge is 0.455 e. The maximum atomic E-state index is 12.8. The fourth-order valence-electron chi connectivity index (χ4n) is 6.49. The molecule has 2 rings (SSSR count). The van der Waals surface area contributed by atoms with E-state index in [-0.39, 0.29) is 19.3 Å². The molecule has 4 atom stereocenters. The molecular formula is C31H61NO7P+. The molecule has 9 heteroatoms. The molecule has 0 aromatic carbocycles. The number of phosphoric ester groups is 1. The number of phosphoric acid groups is 1. The van der Waals surface area contributed by atoms with E-state index in [1.165, 1.54) is 84.0 Å². The molecule has 0 spiro atoms. The molecule has 2 heterocycles. The largest absolute Gasteiger partial charge is 0.472 e. The summed E-state index contributed by atoms with van der Waals surface area (Å²) < 4.78 is 35.9. The van der Waals surface area contributed by atoms with E-state index in [2.05, 4.69) is 21.0 Å². The van der Waals surface area contributed by atoms with Crippen LogP contribution in [0.25, 0.3) is 0 Å². The fourth-order valence-corrected chi connectivity index (χ4v) is 7.53. The first-order valence-electron chi connectivity index (χ1n) is 16.2. The Balaban J connectivity index is 1.56. The van der Waals surface area contributed by atoms with Crippen LogP contribution in [0.4, 0.5) is 0 Å². The monoisotopic (exact) mass is 590 g/mol. The van der Waals surface area contributed by atoms with E-state index in [9.17, 15) is 14.3 Å². The maximum Gasteiger partial charge on any atom is 0.472 e. The molecular weight excluding hydrogens is 529 g/mol. The van der Waals surface area contributed by atoms with E-state index in [1.54, 1.807) is 6.92 Å². The summed E-state index contributed by atoms with van der Waals surface area (Å²) in [5.41, 5.74) is -1.16. The highest BCUT2D eigenvalue weighted by Gasteiger charge is 2.50. The number of hydrogen-bond acceptors (Lipinski definition) is 6. The topological polar surface area (TPSA) is 91.3 Å². The molecule has 0 aliphatic carbocycles. The summed E-state index contributed by atoms with van der Waals surface area (Å²) in [6.07, 6.45) is 21.6. The number of hydrogen-bond donors (Lipinski definition) is 1. The van der Waals surface area contributed by atoms with Crippen LogP contribution >= 0.6 is 7.82 Å². The first kappa shape index (κ1) is 35.7. The van der Waals surface area contributed by atoms with Gasteiger partial charge in [-0.15, -0.1) is 0 Å². The van der Waals surface area contributed by atoms with Crippen molar-refractivity contribution < 1.29 is 37.3 Å². The number of piperidine rings is 1. The highest BCUT2D eigenvalue weighted by molar-refractivity contribution is 7.47. The lowest BCUT2D eigenvalue weighted by Gasteiger charge is -2.44. The van der Waals surface area contributed by atoms with Crippen LogP contribution in [0.2, 0.25) is 0 Å². The Kier molecular flexibility index (Phi) is 16.3. The van der Waals surface area contributed by atoms with Gasteiger partial charge in [0.2, 0.25) is 0 Å². The standard InChI is InChI=1S/C31H60NO7P/c1-6-7-8-9-10-11-12-13-14-15-16-17-18-19-22-36-25-31(3,38-27(2)33)26-37-40(34,35)39-30-23-28-20-21-29(24-30)32(28,4)5/h28-30H,6-26H2,1-5H3/p+1. The summed E-state index contributed by atoms with van der Waals surface area (Å²) in [5, 5.41) is 0. The minimum Gasteiger partial charge on any atom is -0.455 e. The average molecular weight is 591 g/mol. The van der Waals surface area contributed by atoms with Crippen LogP contribution in [-0.2, 0) is 27.9 Å². The van der Waals surface area contributed by atoms with Gasteiger partial charge in [0, 0.05) is 39.2 Å². The molecule has 0 saturated carbocycles. The fraction of sp³-hybridized carbons (Fsp3) is 0.968. The van der Waals surface area contributed by atoms with Gasteiger partial charge in [-0.1, -0.05) is 90.4 Å². The number of fused-ring (bicyclic) bond motifs is 2. The van der Waals surface area contributed by atoms with Crippen LogP contribution < -0.4 is 0 Å². The van der Waals surface area contributed by atoms with E-state index < -0.39 is 19.4 Å². The summed E-state index contributed by atoms with van der Waals surface area (Å²) in [4.78, 5) is 22.1. The summed E-state index contributed by atoms with van der Waals surface area (Å²) in [7, 11) is 0.168. The molecule has 2 aliphatic rings. The van der Waals surface area contributed by atoms with Crippen LogP contribution in [0.5, 0.6) is 0 Å². The molecule has 2 bridgehead atoms. The number of carbonyl (C=O) groups excluding carboxylic acids is 1. The Morgan fingerprint density at radius 3 is 1.80 bits per heavy atom. The Labute approximate surface area is 245 Å². The van der Waals surface area contributed by atoms with E-state index in [0.29, 0.717) is 18.7 Å². The highest BCUT2D eigenvalue weighted by atomic mass is 31.2. The predicted molar refractivity (Wildman–Crippen MR) is 160 cm³/mol. The molecule has 4 unspecified atom stereocenters.